The van der Waals surface area contributed by atoms with Crippen LogP contribution in [0.15, 0.2) is 24.3 Å². The number of likely N-dealkylation sites (tertiary alicyclic amines) is 1. The predicted octanol–water partition coefficient (Wildman–Crippen LogP) is 2.65. The van der Waals surface area contributed by atoms with Crippen molar-refractivity contribution in [2.45, 2.75) is 19.0 Å². The molecule has 0 bridgehead atoms. The first-order valence-electron chi connectivity index (χ1n) is 5.48. The first-order valence-corrected chi connectivity index (χ1v) is 5.86. The number of nitrogens with zero attached hydrogens (tertiary/aromatic N) is 1. The summed E-state index contributed by atoms with van der Waals surface area (Å²) in [4.78, 5) is 2.48. The van der Waals surface area contributed by atoms with Crippen LogP contribution in [0, 0.1) is 0 Å². The maximum Gasteiger partial charge on any atom is 0.0858 e. The van der Waals surface area contributed by atoms with Crippen LogP contribution in [0.3, 0.4) is 0 Å². The van der Waals surface area contributed by atoms with Gasteiger partial charge in [-0.25, -0.2) is 0 Å². The first kappa shape index (κ1) is 10.9. The van der Waals surface area contributed by atoms with Crippen molar-refractivity contribution in [2.24, 2.45) is 0 Å². The summed E-state index contributed by atoms with van der Waals surface area (Å²) in [5.41, 5.74) is 1.30. The van der Waals surface area contributed by atoms with E-state index >= 15 is 0 Å². The summed E-state index contributed by atoms with van der Waals surface area (Å²) in [5.74, 6) is 0. The van der Waals surface area contributed by atoms with E-state index in [4.69, 9.17) is 11.6 Å². The molecule has 1 aliphatic heterocycles. The van der Waals surface area contributed by atoms with E-state index in [1.165, 1.54) is 31.5 Å². The smallest absolute Gasteiger partial charge is 0.0858 e. The fraction of sp³-hybridized carbons (Fsp3) is 0.500. The third-order valence-electron chi connectivity index (χ3n) is 2.96. The second-order valence-corrected chi connectivity index (χ2v) is 4.42. The Hall–Kier alpha value is -0.570. The van der Waals surface area contributed by atoms with Crippen molar-refractivity contribution in [3.8, 4) is 0 Å². The molecule has 0 radical (unpaired) electrons. The molecule has 1 aromatic rings. The molecule has 1 atom stereocenters. The van der Waals surface area contributed by atoms with Crippen molar-refractivity contribution in [1.82, 2.24) is 10.2 Å². The Morgan fingerprint density at radius 1 is 1.20 bits per heavy atom. The van der Waals surface area contributed by atoms with Crippen LogP contribution in [-0.2, 0) is 0 Å². The first-order chi connectivity index (χ1) is 7.31. The lowest BCUT2D eigenvalue weighted by atomic mass is 10.1. The Kier molecular flexibility index (Phi) is 3.62. The minimum Gasteiger partial charge on any atom is -0.301 e. The van der Waals surface area contributed by atoms with Crippen molar-refractivity contribution in [3.05, 3.63) is 34.9 Å². The van der Waals surface area contributed by atoms with E-state index < -0.39 is 0 Å². The van der Waals surface area contributed by atoms with Crippen molar-refractivity contribution >= 4 is 11.6 Å². The Balaban J connectivity index is 2.14. The molecule has 0 unspecified atom stereocenters. The molecule has 1 N–H and O–H groups in total. The zero-order valence-electron chi connectivity index (χ0n) is 9.04. The van der Waals surface area contributed by atoms with Gasteiger partial charge in [0, 0.05) is 5.02 Å². The molecule has 1 aliphatic rings. The molecule has 15 heavy (non-hydrogen) atoms. The molecule has 0 amide bonds. The van der Waals surface area contributed by atoms with E-state index in [0.29, 0.717) is 6.17 Å². The average Bonchev–Trinajstić information content (AvgIpc) is 2.75. The Morgan fingerprint density at radius 3 is 2.33 bits per heavy atom. The number of hydrogen-bond acceptors (Lipinski definition) is 2. The molecule has 3 heteroatoms. The van der Waals surface area contributed by atoms with Gasteiger partial charge in [0.15, 0.2) is 0 Å². The molecule has 0 saturated carbocycles. The van der Waals surface area contributed by atoms with Crippen LogP contribution in [0.4, 0.5) is 0 Å². The van der Waals surface area contributed by atoms with Crippen molar-refractivity contribution in [1.29, 1.82) is 0 Å². The van der Waals surface area contributed by atoms with Crippen LogP contribution in [0.1, 0.15) is 24.6 Å². The minimum atomic E-state index is 0.338. The highest BCUT2D eigenvalue weighted by atomic mass is 35.5. The SMILES string of the molecule is CN[C@@H](c1ccc(Cl)cc1)N1CCCC1. The summed E-state index contributed by atoms with van der Waals surface area (Å²) in [6.07, 6.45) is 2.96. The van der Waals surface area contributed by atoms with Gasteiger partial charge in [-0.05, 0) is 50.7 Å². The van der Waals surface area contributed by atoms with Crippen LogP contribution >= 0.6 is 11.6 Å². The highest BCUT2D eigenvalue weighted by molar-refractivity contribution is 6.30. The number of halogens is 1. The van der Waals surface area contributed by atoms with Crippen molar-refractivity contribution in [3.63, 3.8) is 0 Å². The number of hydrogen-bond donors (Lipinski definition) is 1. The maximum atomic E-state index is 5.89. The third-order valence-corrected chi connectivity index (χ3v) is 3.22. The van der Waals surface area contributed by atoms with Gasteiger partial charge in [-0.2, -0.15) is 0 Å². The van der Waals surface area contributed by atoms with Crippen molar-refractivity contribution in [2.75, 3.05) is 20.1 Å². The molecular formula is C12H17ClN2. The largest absolute Gasteiger partial charge is 0.301 e. The summed E-state index contributed by atoms with van der Waals surface area (Å²) in [6.45, 7) is 2.38. The van der Waals surface area contributed by atoms with Gasteiger partial charge in [-0.15, -0.1) is 0 Å². The molecule has 82 valence electrons. The van der Waals surface area contributed by atoms with E-state index in [2.05, 4.69) is 22.3 Å². The Labute approximate surface area is 96.2 Å². The molecule has 1 saturated heterocycles. The number of rotatable bonds is 3. The van der Waals surface area contributed by atoms with E-state index in [-0.39, 0.29) is 0 Å². The van der Waals surface area contributed by atoms with Crippen LogP contribution in [0.5, 0.6) is 0 Å². The van der Waals surface area contributed by atoms with Crippen LogP contribution in [0.2, 0.25) is 5.02 Å². The van der Waals surface area contributed by atoms with Gasteiger partial charge < -0.3 is 5.32 Å². The fourth-order valence-electron chi connectivity index (χ4n) is 2.20. The van der Waals surface area contributed by atoms with Crippen LogP contribution in [0.25, 0.3) is 0 Å². The zero-order valence-corrected chi connectivity index (χ0v) is 9.80. The van der Waals surface area contributed by atoms with Crippen LogP contribution in [-0.4, -0.2) is 25.0 Å². The molecule has 1 aromatic carbocycles. The normalized spacial score (nSPS) is 19.3. The molecule has 2 rings (SSSR count). The second-order valence-electron chi connectivity index (χ2n) is 3.99. The second kappa shape index (κ2) is 4.97. The van der Waals surface area contributed by atoms with E-state index in [0.717, 1.165) is 5.02 Å². The zero-order chi connectivity index (χ0) is 10.7. The average molecular weight is 225 g/mol. The van der Waals surface area contributed by atoms with Gasteiger partial charge in [-0.3, -0.25) is 4.90 Å². The van der Waals surface area contributed by atoms with E-state index in [1.54, 1.807) is 0 Å². The standard InChI is InChI=1S/C12H17ClN2/c1-14-12(15-8-2-3-9-15)10-4-6-11(13)7-5-10/h4-7,12,14H,2-3,8-9H2,1H3/t12-/m1/s1. The van der Waals surface area contributed by atoms with Gasteiger partial charge in [0.25, 0.3) is 0 Å². The van der Waals surface area contributed by atoms with Gasteiger partial charge in [0.05, 0.1) is 6.17 Å². The summed E-state index contributed by atoms with van der Waals surface area (Å²) in [7, 11) is 2.01. The lowest BCUT2D eigenvalue weighted by Gasteiger charge is -2.27. The summed E-state index contributed by atoms with van der Waals surface area (Å²) in [5, 5.41) is 4.16. The molecule has 0 aromatic heterocycles. The Morgan fingerprint density at radius 2 is 1.80 bits per heavy atom. The fourth-order valence-corrected chi connectivity index (χ4v) is 2.33. The number of nitrogens with one attached hydrogen (secondary N) is 1. The monoisotopic (exact) mass is 224 g/mol. The molecule has 0 aliphatic carbocycles. The van der Waals surface area contributed by atoms with E-state index in [9.17, 15) is 0 Å². The summed E-state index contributed by atoms with van der Waals surface area (Å²) in [6, 6.07) is 8.11. The highest BCUT2D eigenvalue weighted by Gasteiger charge is 2.21. The molecule has 1 heterocycles. The molecule has 0 spiro atoms. The molecular weight excluding hydrogens is 208 g/mol. The number of benzene rings is 1. The lowest BCUT2D eigenvalue weighted by molar-refractivity contribution is 0.217. The topological polar surface area (TPSA) is 15.3 Å². The van der Waals surface area contributed by atoms with Crippen molar-refractivity contribution < 1.29 is 0 Å². The van der Waals surface area contributed by atoms with Gasteiger partial charge in [0.1, 0.15) is 0 Å². The molecule has 1 fully saturated rings. The Bertz CT molecular complexity index is 304. The highest BCUT2D eigenvalue weighted by Crippen LogP contribution is 2.23. The third kappa shape index (κ3) is 2.51. The predicted molar refractivity (Wildman–Crippen MR) is 64.1 cm³/mol. The van der Waals surface area contributed by atoms with Gasteiger partial charge in [-0.1, -0.05) is 23.7 Å². The molecule has 2 nitrogen and oxygen atoms in total. The van der Waals surface area contributed by atoms with Gasteiger partial charge >= 0.3 is 0 Å². The lowest BCUT2D eigenvalue weighted by Crippen LogP contribution is -2.34. The quantitative estimate of drug-likeness (QED) is 0.849. The maximum absolute atomic E-state index is 5.89. The van der Waals surface area contributed by atoms with E-state index in [1.807, 2.05) is 19.2 Å². The minimum absolute atomic E-state index is 0.338. The summed E-state index contributed by atoms with van der Waals surface area (Å²) < 4.78 is 0. The van der Waals surface area contributed by atoms with Gasteiger partial charge in [0.2, 0.25) is 0 Å². The van der Waals surface area contributed by atoms with Crippen LogP contribution < -0.4 is 5.32 Å². The summed E-state index contributed by atoms with van der Waals surface area (Å²) >= 11 is 5.89.